The summed E-state index contributed by atoms with van der Waals surface area (Å²) in [6.07, 6.45) is 3.05. The molecule has 0 spiro atoms. The first-order valence-electron chi connectivity index (χ1n) is 6.57. The van der Waals surface area contributed by atoms with Crippen molar-refractivity contribution < 1.29 is 9.53 Å². The number of hydrogen-bond donors (Lipinski definition) is 1. The molecule has 1 amide bonds. The van der Waals surface area contributed by atoms with Crippen LogP contribution >= 0.6 is 0 Å². The molecule has 0 radical (unpaired) electrons. The molecule has 100 valence electrons. The van der Waals surface area contributed by atoms with Crippen molar-refractivity contribution in [3.63, 3.8) is 0 Å². The lowest BCUT2D eigenvalue weighted by atomic mass is 9.91. The van der Waals surface area contributed by atoms with Crippen LogP contribution in [0.5, 0.6) is 0 Å². The number of ether oxygens (including phenoxy) is 1. The van der Waals surface area contributed by atoms with E-state index < -0.39 is 5.60 Å². The first-order valence-corrected chi connectivity index (χ1v) is 6.57. The molecule has 0 saturated carbocycles. The van der Waals surface area contributed by atoms with Crippen LogP contribution in [0.2, 0.25) is 0 Å². The molecule has 1 rings (SSSR count). The maximum Gasteiger partial charge on any atom is 0.410 e. The molecule has 1 saturated heterocycles. The van der Waals surface area contributed by atoms with Crippen molar-refractivity contribution in [1.29, 1.82) is 0 Å². The number of nitrogens with two attached hydrogens (primary N) is 1. The molecule has 1 aliphatic rings. The Balaban J connectivity index is 2.66. The molecule has 2 atom stereocenters. The standard InChI is InChI=1S/C13H26N2O2/c1-5-10-6-7-11(8-14)15(9-10)12(16)17-13(2,3)4/h10-11H,5-9,14H2,1-4H3/t10-,11+/m0/s1. The molecule has 0 aromatic heterocycles. The monoisotopic (exact) mass is 242 g/mol. The Morgan fingerprint density at radius 3 is 2.53 bits per heavy atom. The number of carbonyl (C=O) groups excluding carboxylic acids is 1. The minimum Gasteiger partial charge on any atom is -0.444 e. The summed E-state index contributed by atoms with van der Waals surface area (Å²) in [4.78, 5) is 13.9. The molecule has 0 aromatic carbocycles. The van der Waals surface area contributed by atoms with E-state index in [0.717, 1.165) is 25.8 Å². The second-order valence-corrected chi connectivity index (χ2v) is 5.87. The number of rotatable bonds is 2. The summed E-state index contributed by atoms with van der Waals surface area (Å²) in [6, 6.07) is 0.146. The van der Waals surface area contributed by atoms with Gasteiger partial charge in [0.15, 0.2) is 0 Å². The van der Waals surface area contributed by atoms with E-state index >= 15 is 0 Å². The van der Waals surface area contributed by atoms with Gasteiger partial charge in [0.1, 0.15) is 5.60 Å². The van der Waals surface area contributed by atoms with E-state index in [-0.39, 0.29) is 12.1 Å². The van der Waals surface area contributed by atoms with Crippen LogP contribution in [0.1, 0.15) is 47.0 Å². The van der Waals surface area contributed by atoms with Crippen LogP contribution in [-0.4, -0.2) is 35.7 Å². The summed E-state index contributed by atoms with van der Waals surface area (Å²) in [5.74, 6) is 0.588. The summed E-state index contributed by atoms with van der Waals surface area (Å²) < 4.78 is 5.43. The maximum absolute atomic E-state index is 12.1. The quantitative estimate of drug-likeness (QED) is 0.808. The van der Waals surface area contributed by atoms with Gasteiger partial charge in [0.25, 0.3) is 0 Å². The third kappa shape index (κ3) is 4.19. The van der Waals surface area contributed by atoms with Gasteiger partial charge in [-0.1, -0.05) is 13.3 Å². The third-order valence-corrected chi connectivity index (χ3v) is 3.28. The zero-order valence-electron chi connectivity index (χ0n) is 11.5. The van der Waals surface area contributed by atoms with Crippen LogP contribution in [0.4, 0.5) is 4.79 Å². The van der Waals surface area contributed by atoms with Crippen LogP contribution in [-0.2, 0) is 4.74 Å². The van der Waals surface area contributed by atoms with E-state index in [4.69, 9.17) is 10.5 Å². The Labute approximate surface area is 104 Å². The Kier molecular flexibility index (Phi) is 4.80. The van der Waals surface area contributed by atoms with Crippen LogP contribution in [0.25, 0.3) is 0 Å². The molecule has 1 heterocycles. The van der Waals surface area contributed by atoms with Gasteiger partial charge in [0, 0.05) is 19.1 Å². The van der Waals surface area contributed by atoms with Gasteiger partial charge >= 0.3 is 6.09 Å². The highest BCUT2D eigenvalue weighted by atomic mass is 16.6. The summed E-state index contributed by atoms with van der Waals surface area (Å²) in [5, 5.41) is 0. The lowest BCUT2D eigenvalue weighted by molar-refractivity contribution is 0.00386. The zero-order valence-corrected chi connectivity index (χ0v) is 11.5. The number of amides is 1. The summed E-state index contributed by atoms with van der Waals surface area (Å²) in [6.45, 7) is 9.15. The van der Waals surface area contributed by atoms with Gasteiger partial charge in [-0.2, -0.15) is 0 Å². The van der Waals surface area contributed by atoms with E-state index in [1.807, 2.05) is 25.7 Å². The molecular formula is C13H26N2O2. The second kappa shape index (κ2) is 5.71. The fraction of sp³-hybridized carbons (Fsp3) is 0.923. The molecular weight excluding hydrogens is 216 g/mol. The number of hydrogen-bond acceptors (Lipinski definition) is 3. The average molecular weight is 242 g/mol. The van der Waals surface area contributed by atoms with Gasteiger partial charge in [-0.25, -0.2) is 4.79 Å². The van der Waals surface area contributed by atoms with Crippen molar-refractivity contribution in [2.75, 3.05) is 13.1 Å². The first-order chi connectivity index (χ1) is 7.87. The number of likely N-dealkylation sites (tertiary alicyclic amines) is 1. The summed E-state index contributed by atoms with van der Waals surface area (Å²) >= 11 is 0. The molecule has 0 unspecified atom stereocenters. The zero-order chi connectivity index (χ0) is 13.1. The highest BCUT2D eigenvalue weighted by Crippen LogP contribution is 2.25. The normalized spacial score (nSPS) is 25.8. The Bertz CT molecular complexity index is 261. The van der Waals surface area contributed by atoms with E-state index in [9.17, 15) is 4.79 Å². The van der Waals surface area contributed by atoms with Crippen molar-refractivity contribution in [3.8, 4) is 0 Å². The Hall–Kier alpha value is -0.770. The Morgan fingerprint density at radius 1 is 1.41 bits per heavy atom. The molecule has 0 aromatic rings. The van der Waals surface area contributed by atoms with Crippen LogP contribution in [0.3, 0.4) is 0 Å². The van der Waals surface area contributed by atoms with Crippen molar-refractivity contribution in [2.24, 2.45) is 11.7 Å². The highest BCUT2D eigenvalue weighted by Gasteiger charge is 2.32. The van der Waals surface area contributed by atoms with Gasteiger partial charge < -0.3 is 15.4 Å². The fourth-order valence-electron chi connectivity index (χ4n) is 2.22. The van der Waals surface area contributed by atoms with Crippen molar-refractivity contribution in [3.05, 3.63) is 0 Å². The smallest absolute Gasteiger partial charge is 0.410 e. The molecule has 0 bridgehead atoms. The first kappa shape index (κ1) is 14.3. The molecule has 17 heavy (non-hydrogen) atoms. The fourth-order valence-corrected chi connectivity index (χ4v) is 2.22. The van der Waals surface area contributed by atoms with Crippen LogP contribution < -0.4 is 5.73 Å². The molecule has 4 heteroatoms. The maximum atomic E-state index is 12.1. The SMILES string of the molecule is CC[C@H]1CC[C@H](CN)N(C(=O)OC(C)(C)C)C1. The van der Waals surface area contributed by atoms with E-state index in [1.54, 1.807) is 0 Å². The minimum absolute atomic E-state index is 0.146. The number of nitrogens with zero attached hydrogens (tertiary/aromatic N) is 1. The van der Waals surface area contributed by atoms with Gasteiger partial charge in [-0.05, 0) is 39.5 Å². The second-order valence-electron chi connectivity index (χ2n) is 5.87. The van der Waals surface area contributed by atoms with Gasteiger partial charge in [0.05, 0.1) is 0 Å². The molecule has 4 nitrogen and oxygen atoms in total. The van der Waals surface area contributed by atoms with E-state index in [2.05, 4.69) is 6.92 Å². The van der Waals surface area contributed by atoms with Crippen LogP contribution in [0.15, 0.2) is 0 Å². The lowest BCUT2D eigenvalue weighted by Gasteiger charge is -2.39. The van der Waals surface area contributed by atoms with Crippen molar-refractivity contribution >= 4 is 6.09 Å². The molecule has 0 aliphatic carbocycles. The number of carbonyl (C=O) groups is 1. The molecule has 1 fully saturated rings. The predicted molar refractivity (Wildman–Crippen MR) is 68.8 cm³/mol. The summed E-state index contributed by atoms with van der Waals surface area (Å²) in [5.41, 5.74) is 5.30. The highest BCUT2D eigenvalue weighted by molar-refractivity contribution is 5.68. The largest absolute Gasteiger partial charge is 0.444 e. The van der Waals surface area contributed by atoms with Crippen molar-refractivity contribution in [2.45, 2.75) is 58.6 Å². The summed E-state index contributed by atoms with van der Waals surface area (Å²) in [7, 11) is 0. The van der Waals surface area contributed by atoms with Crippen molar-refractivity contribution in [1.82, 2.24) is 4.90 Å². The van der Waals surface area contributed by atoms with Crippen LogP contribution in [0, 0.1) is 5.92 Å². The Morgan fingerprint density at radius 2 is 2.06 bits per heavy atom. The topological polar surface area (TPSA) is 55.6 Å². The minimum atomic E-state index is -0.435. The average Bonchev–Trinajstić information content (AvgIpc) is 2.25. The van der Waals surface area contributed by atoms with Gasteiger partial charge in [-0.15, -0.1) is 0 Å². The lowest BCUT2D eigenvalue weighted by Crippen LogP contribution is -2.51. The van der Waals surface area contributed by atoms with Gasteiger partial charge in [-0.3, -0.25) is 0 Å². The third-order valence-electron chi connectivity index (χ3n) is 3.28. The van der Waals surface area contributed by atoms with E-state index in [0.29, 0.717) is 12.5 Å². The van der Waals surface area contributed by atoms with Gasteiger partial charge in [0.2, 0.25) is 0 Å². The molecule has 1 aliphatic heterocycles. The predicted octanol–water partition coefficient (Wildman–Crippen LogP) is 2.37. The molecule has 2 N–H and O–H groups in total. The van der Waals surface area contributed by atoms with E-state index in [1.165, 1.54) is 0 Å². The number of piperidine rings is 1.